The number of fused-ring (bicyclic) bond motifs is 2. The average molecular weight is 417 g/mol. The number of rotatable bonds is 5. The summed E-state index contributed by atoms with van der Waals surface area (Å²) in [6, 6.07) is 1.98. The first-order valence-corrected chi connectivity index (χ1v) is 10.0. The molecule has 0 spiro atoms. The van der Waals surface area contributed by atoms with Crippen molar-refractivity contribution in [1.82, 2.24) is 4.90 Å². The van der Waals surface area contributed by atoms with E-state index in [1.54, 1.807) is 14.0 Å². The highest BCUT2D eigenvalue weighted by Crippen LogP contribution is 2.50. The van der Waals surface area contributed by atoms with Gasteiger partial charge in [0.15, 0.2) is 17.3 Å². The highest BCUT2D eigenvalue weighted by Gasteiger charge is 2.35. The molecular weight excluding hydrogens is 394 g/mol. The summed E-state index contributed by atoms with van der Waals surface area (Å²) in [5, 5.41) is 4.01. The van der Waals surface area contributed by atoms with Crippen LogP contribution in [0.3, 0.4) is 0 Å². The normalized spacial score (nSPS) is 17.7. The zero-order chi connectivity index (χ0) is 20.9. The van der Waals surface area contributed by atoms with E-state index in [0.717, 1.165) is 24.1 Å². The number of hydrogen-bond donors (Lipinski definition) is 2. The van der Waals surface area contributed by atoms with E-state index in [1.807, 2.05) is 13.1 Å². The number of carbonyl (C=O) groups is 2. The van der Waals surface area contributed by atoms with Gasteiger partial charge in [0.2, 0.25) is 12.5 Å². The zero-order valence-corrected chi connectivity index (χ0v) is 17.6. The fourth-order valence-corrected chi connectivity index (χ4v) is 5.12. The van der Waals surface area contributed by atoms with Crippen LogP contribution in [0.2, 0.25) is 0 Å². The maximum Gasteiger partial charge on any atom is 0.251 e. The molecule has 29 heavy (non-hydrogen) atoms. The minimum Gasteiger partial charge on any atom is -0.492 e. The van der Waals surface area contributed by atoms with Gasteiger partial charge in [-0.25, -0.2) is 0 Å². The second kappa shape index (κ2) is 7.23. The van der Waals surface area contributed by atoms with Crippen molar-refractivity contribution in [3.63, 3.8) is 0 Å². The number of Topliss-reactive ketones (excluding diaryl/α,β-unsaturated/α-hetero) is 1. The molecular formula is C20H23N3O5S. The van der Waals surface area contributed by atoms with Gasteiger partial charge in [0.25, 0.3) is 5.91 Å². The molecule has 9 heteroatoms. The number of anilines is 1. The van der Waals surface area contributed by atoms with Gasteiger partial charge in [0, 0.05) is 12.1 Å². The zero-order valence-electron chi connectivity index (χ0n) is 16.8. The number of nitrogens with two attached hydrogens (primary N) is 1. The lowest BCUT2D eigenvalue weighted by Crippen LogP contribution is -2.37. The van der Waals surface area contributed by atoms with E-state index >= 15 is 0 Å². The van der Waals surface area contributed by atoms with Gasteiger partial charge in [-0.3, -0.25) is 14.5 Å². The Balaban J connectivity index is 1.83. The Labute approximate surface area is 172 Å². The van der Waals surface area contributed by atoms with Gasteiger partial charge < -0.3 is 25.3 Å². The first-order chi connectivity index (χ1) is 13.8. The van der Waals surface area contributed by atoms with Gasteiger partial charge in [0.05, 0.1) is 17.6 Å². The Hall–Kier alpha value is -2.78. The summed E-state index contributed by atoms with van der Waals surface area (Å²) in [6.07, 6.45) is 0.529. The van der Waals surface area contributed by atoms with Crippen LogP contribution >= 0.6 is 11.3 Å². The van der Waals surface area contributed by atoms with Crippen molar-refractivity contribution in [2.24, 2.45) is 5.73 Å². The molecule has 0 fully saturated rings. The lowest BCUT2D eigenvalue weighted by atomic mass is 9.95. The quantitative estimate of drug-likeness (QED) is 0.721. The molecule has 1 aromatic carbocycles. The van der Waals surface area contributed by atoms with E-state index in [1.165, 1.54) is 18.3 Å². The third-order valence-corrected chi connectivity index (χ3v) is 6.70. The molecule has 3 N–H and O–H groups in total. The highest BCUT2D eigenvalue weighted by molar-refractivity contribution is 7.18. The van der Waals surface area contributed by atoms with Crippen molar-refractivity contribution in [3.05, 3.63) is 33.2 Å². The molecule has 8 nitrogen and oxygen atoms in total. The summed E-state index contributed by atoms with van der Waals surface area (Å²) in [4.78, 5) is 26.8. The van der Waals surface area contributed by atoms with Crippen molar-refractivity contribution in [2.75, 3.05) is 32.8 Å². The first kappa shape index (κ1) is 19.5. The van der Waals surface area contributed by atoms with Gasteiger partial charge in [-0.1, -0.05) is 0 Å². The largest absolute Gasteiger partial charge is 0.492 e. The Morgan fingerprint density at radius 1 is 1.38 bits per heavy atom. The molecule has 0 unspecified atom stereocenters. The molecule has 2 aliphatic heterocycles. The van der Waals surface area contributed by atoms with Crippen LogP contribution in [0.4, 0.5) is 5.00 Å². The molecule has 4 rings (SSSR count). The number of primary amides is 1. The van der Waals surface area contributed by atoms with Crippen molar-refractivity contribution >= 4 is 28.0 Å². The maximum absolute atomic E-state index is 12.1. The van der Waals surface area contributed by atoms with E-state index in [0.29, 0.717) is 38.3 Å². The summed E-state index contributed by atoms with van der Waals surface area (Å²) in [7, 11) is 3.59. The number of ether oxygens (including phenoxy) is 3. The summed E-state index contributed by atoms with van der Waals surface area (Å²) >= 11 is 1.25. The molecule has 0 radical (unpaired) electrons. The summed E-state index contributed by atoms with van der Waals surface area (Å²) < 4.78 is 16.9. The molecule has 0 aliphatic carbocycles. The first-order valence-electron chi connectivity index (χ1n) is 9.23. The second-order valence-electron chi connectivity index (χ2n) is 7.17. The Morgan fingerprint density at radius 3 is 2.79 bits per heavy atom. The van der Waals surface area contributed by atoms with Gasteiger partial charge >= 0.3 is 0 Å². The molecule has 0 bridgehead atoms. The minimum atomic E-state index is -0.565. The fraction of sp³-hybridized carbons (Fsp3) is 0.400. The third-order valence-electron chi connectivity index (χ3n) is 5.38. The molecule has 0 saturated heterocycles. The lowest BCUT2D eigenvalue weighted by molar-refractivity contribution is 0.1000. The third kappa shape index (κ3) is 3.10. The number of carbonyl (C=O) groups excluding carboxylic acids is 2. The minimum absolute atomic E-state index is 0.0959. The number of amides is 1. The van der Waals surface area contributed by atoms with Crippen LogP contribution in [0.25, 0.3) is 0 Å². The molecule has 2 aliphatic rings. The van der Waals surface area contributed by atoms with Gasteiger partial charge in [-0.15, -0.1) is 11.3 Å². The van der Waals surface area contributed by atoms with Crippen molar-refractivity contribution in [1.29, 1.82) is 0 Å². The number of benzene rings is 1. The molecule has 3 heterocycles. The van der Waals surface area contributed by atoms with Crippen LogP contribution in [0, 0.1) is 6.92 Å². The SMILES string of the molecule is COc1c2c(cc3c1[C@@H](Nc1sc(C(C)=O)c(C)c1C(N)=O)N(C)CC3)OCO2. The summed E-state index contributed by atoms with van der Waals surface area (Å²) in [5.41, 5.74) is 8.60. The number of hydrogen-bond acceptors (Lipinski definition) is 8. The van der Waals surface area contributed by atoms with E-state index in [2.05, 4.69) is 10.2 Å². The van der Waals surface area contributed by atoms with Crippen molar-refractivity contribution in [2.45, 2.75) is 26.4 Å². The van der Waals surface area contributed by atoms with E-state index in [-0.39, 0.29) is 18.7 Å². The maximum atomic E-state index is 12.1. The summed E-state index contributed by atoms with van der Waals surface area (Å²) in [6.45, 7) is 4.18. The van der Waals surface area contributed by atoms with Crippen LogP contribution in [0.5, 0.6) is 17.2 Å². The molecule has 2 aromatic rings. The van der Waals surface area contributed by atoms with E-state index < -0.39 is 5.91 Å². The molecule has 1 atom stereocenters. The predicted molar refractivity (Wildman–Crippen MR) is 109 cm³/mol. The van der Waals surface area contributed by atoms with Crippen LogP contribution < -0.4 is 25.3 Å². The van der Waals surface area contributed by atoms with Crippen LogP contribution in [-0.4, -0.2) is 44.1 Å². The molecule has 154 valence electrons. The van der Waals surface area contributed by atoms with Crippen molar-refractivity contribution < 1.29 is 23.8 Å². The smallest absolute Gasteiger partial charge is 0.251 e. The number of ketones is 1. The topological polar surface area (TPSA) is 103 Å². The number of methoxy groups -OCH3 is 1. The van der Waals surface area contributed by atoms with Gasteiger partial charge in [-0.2, -0.15) is 0 Å². The van der Waals surface area contributed by atoms with Crippen LogP contribution in [0.1, 0.15) is 49.8 Å². The number of nitrogens with one attached hydrogen (secondary N) is 1. The van der Waals surface area contributed by atoms with E-state index in [4.69, 9.17) is 19.9 Å². The fourth-order valence-electron chi connectivity index (χ4n) is 3.99. The van der Waals surface area contributed by atoms with Crippen molar-refractivity contribution in [3.8, 4) is 17.2 Å². The predicted octanol–water partition coefficient (Wildman–Crippen LogP) is 2.69. The van der Waals surface area contributed by atoms with Crippen LogP contribution in [0.15, 0.2) is 6.07 Å². The molecule has 1 amide bonds. The average Bonchev–Trinajstić information content (AvgIpc) is 3.26. The highest BCUT2D eigenvalue weighted by atomic mass is 32.1. The number of nitrogens with zero attached hydrogens (tertiary/aromatic N) is 1. The van der Waals surface area contributed by atoms with Crippen LogP contribution in [-0.2, 0) is 6.42 Å². The van der Waals surface area contributed by atoms with E-state index in [9.17, 15) is 9.59 Å². The molecule has 1 aromatic heterocycles. The van der Waals surface area contributed by atoms with Gasteiger partial charge in [-0.05, 0) is 44.5 Å². The Bertz CT molecular complexity index is 1020. The standard InChI is InChI=1S/C20H23N3O5S/c1-9-13(18(21)25)20(29-17(9)10(2)24)22-19-14-11(5-6-23(19)3)7-12-15(16(14)26-4)28-8-27-12/h7,19,22H,5-6,8H2,1-4H3,(H2,21,25)/t19-/m0/s1. The number of likely N-dealkylation sites (N-methyl/N-ethyl adjacent to an activating group) is 1. The Morgan fingerprint density at radius 2 is 2.14 bits per heavy atom. The summed E-state index contributed by atoms with van der Waals surface area (Å²) in [5.74, 6) is 1.20. The monoisotopic (exact) mass is 417 g/mol. The Kier molecular flexibility index (Phi) is 4.87. The lowest BCUT2D eigenvalue weighted by Gasteiger charge is -2.36. The van der Waals surface area contributed by atoms with Gasteiger partial charge in [0.1, 0.15) is 11.2 Å². The second-order valence-corrected chi connectivity index (χ2v) is 8.20. The number of thiophene rings is 1. The molecule has 0 saturated carbocycles.